The monoisotopic (exact) mass is 426 g/mol. The van der Waals surface area contributed by atoms with Crippen LogP contribution in [-0.4, -0.2) is 20.5 Å². The summed E-state index contributed by atoms with van der Waals surface area (Å²) >= 11 is 6.14. The topological polar surface area (TPSA) is 118 Å². The standard InChI is InChI=1S/C18H20ClFN4O3S/c1-18(2,20)12-6-11(8-17(21)23-24-22)7-13(9-12)27-16-5-4-14(10-15(16)19)28(3,25)26/h4-7,9-10H,8H2,1-3H3,(H3,21,22,23). The molecule has 0 aromatic heterocycles. The lowest BCUT2D eigenvalue weighted by Crippen LogP contribution is -2.16. The van der Waals surface area contributed by atoms with Crippen LogP contribution >= 0.6 is 11.6 Å². The summed E-state index contributed by atoms with van der Waals surface area (Å²) in [6.07, 6.45) is 1.22. The fourth-order valence-electron chi connectivity index (χ4n) is 2.40. The summed E-state index contributed by atoms with van der Waals surface area (Å²) in [5, 5.41) is 6.42. The smallest absolute Gasteiger partial charge is 0.175 e. The van der Waals surface area contributed by atoms with Crippen LogP contribution in [0.3, 0.4) is 0 Å². The molecule has 0 saturated carbocycles. The van der Waals surface area contributed by atoms with Crippen molar-refractivity contribution in [2.75, 3.05) is 6.26 Å². The summed E-state index contributed by atoms with van der Waals surface area (Å²) < 4.78 is 43.5. The van der Waals surface area contributed by atoms with E-state index in [1.807, 2.05) is 0 Å². The molecule has 2 aromatic carbocycles. The van der Waals surface area contributed by atoms with Crippen molar-refractivity contribution < 1.29 is 17.5 Å². The Balaban J connectivity index is 2.44. The van der Waals surface area contributed by atoms with Gasteiger partial charge in [0.1, 0.15) is 23.0 Å². The second-order valence-corrected chi connectivity index (χ2v) is 9.10. The maximum absolute atomic E-state index is 14.5. The average molecular weight is 427 g/mol. The molecule has 28 heavy (non-hydrogen) atoms. The highest BCUT2D eigenvalue weighted by atomic mass is 35.5. The molecule has 0 saturated heterocycles. The molecular formula is C18H20ClFN4O3S. The number of rotatable bonds is 7. The molecule has 2 rings (SSSR count). The first-order valence-electron chi connectivity index (χ1n) is 8.09. The molecule has 0 heterocycles. The minimum absolute atomic E-state index is 0.0623. The first kappa shape index (κ1) is 21.8. The van der Waals surface area contributed by atoms with Gasteiger partial charge in [-0.3, -0.25) is 0 Å². The van der Waals surface area contributed by atoms with Crippen LogP contribution in [0.25, 0.3) is 0 Å². The number of amidine groups is 1. The number of hydrogen-bond acceptors (Lipinski definition) is 5. The zero-order valence-corrected chi connectivity index (χ0v) is 17.1. The minimum atomic E-state index is -3.41. The zero-order chi connectivity index (χ0) is 21.1. The predicted molar refractivity (Wildman–Crippen MR) is 106 cm³/mol. The predicted octanol–water partition coefficient (Wildman–Crippen LogP) is 4.59. The Bertz CT molecular complexity index is 1030. The van der Waals surface area contributed by atoms with E-state index in [2.05, 4.69) is 10.3 Å². The van der Waals surface area contributed by atoms with Crippen LogP contribution in [-0.2, 0) is 21.9 Å². The van der Waals surface area contributed by atoms with Crippen molar-refractivity contribution in [1.82, 2.24) is 0 Å². The third kappa shape index (κ3) is 5.74. The van der Waals surface area contributed by atoms with E-state index in [4.69, 9.17) is 27.6 Å². The Kier molecular flexibility index (Phi) is 6.41. The van der Waals surface area contributed by atoms with Crippen LogP contribution in [0, 0.1) is 5.53 Å². The SMILES string of the molecule is CC(C)(F)c1cc(C/C(N)=N/N=N)cc(Oc2ccc(S(C)(=O)=O)cc2Cl)c1. The van der Waals surface area contributed by atoms with E-state index < -0.39 is 15.5 Å². The number of sulfone groups is 1. The fraction of sp³-hybridized carbons (Fsp3) is 0.278. The van der Waals surface area contributed by atoms with E-state index in [-0.39, 0.29) is 27.9 Å². The molecule has 7 nitrogen and oxygen atoms in total. The normalized spacial score (nSPS) is 12.7. The molecule has 0 radical (unpaired) electrons. The summed E-state index contributed by atoms with van der Waals surface area (Å²) in [7, 11) is -3.41. The quantitative estimate of drug-likeness (QED) is 0.291. The van der Waals surface area contributed by atoms with Gasteiger partial charge in [-0.25, -0.2) is 12.8 Å². The van der Waals surface area contributed by atoms with Crippen LogP contribution in [0.15, 0.2) is 51.6 Å². The number of nitrogens with two attached hydrogens (primary N) is 1. The second-order valence-electron chi connectivity index (χ2n) is 6.67. The largest absolute Gasteiger partial charge is 0.456 e. The third-order valence-electron chi connectivity index (χ3n) is 3.78. The molecule has 0 unspecified atom stereocenters. The number of hydrogen-bond donors (Lipinski definition) is 2. The van der Waals surface area contributed by atoms with Gasteiger partial charge >= 0.3 is 0 Å². The number of alkyl halides is 1. The Morgan fingerprint density at radius 2 is 1.96 bits per heavy atom. The van der Waals surface area contributed by atoms with Gasteiger partial charge in [0.25, 0.3) is 0 Å². The molecule has 2 aromatic rings. The summed E-state index contributed by atoms with van der Waals surface area (Å²) in [4.78, 5) is 0.0623. The highest BCUT2D eigenvalue weighted by Crippen LogP contribution is 2.35. The number of halogens is 2. The molecule has 3 N–H and O–H groups in total. The molecule has 10 heteroatoms. The van der Waals surface area contributed by atoms with Crippen molar-refractivity contribution in [2.45, 2.75) is 30.8 Å². The van der Waals surface area contributed by atoms with Crippen molar-refractivity contribution in [3.8, 4) is 11.5 Å². The van der Waals surface area contributed by atoms with E-state index in [9.17, 15) is 12.8 Å². The van der Waals surface area contributed by atoms with Crippen LogP contribution in [0.1, 0.15) is 25.0 Å². The zero-order valence-electron chi connectivity index (χ0n) is 15.5. The molecule has 0 amide bonds. The third-order valence-corrected chi connectivity index (χ3v) is 5.18. The lowest BCUT2D eigenvalue weighted by molar-refractivity contribution is 0.221. The van der Waals surface area contributed by atoms with Crippen molar-refractivity contribution >= 4 is 27.3 Å². The second kappa shape index (κ2) is 8.24. The van der Waals surface area contributed by atoms with Gasteiger partial charge in [0.05, 0.1) is 9.92 Å². The summed E-state index contributed by atoms with van der Waals surface area (Å²) in [5.41, 5.74) is 11.7. The Morgan fingerprint density at radius 3 is 2.50 bits per heavy atom. The average Bonchev–Trinajstić information content (AvgIpc) is 2.55. The summed E-state index contributed by atoms with van der Waals surface area (Å²) in [6.45, 7) is 2.81. The van der Waals surface area contributed by atoms with Gasteiger partial charge in [0.2, 0.25) is 0 Å². The molecule has 150 valence electrons. The number of nitrogens with zero attached hydrogens (tertiary/aromatic N) is 2. The van der Waals surface area contributed by atoms with Crippen LogP contribution in [0.5, 0.6) is 11.5 Å². The van der Waals surface area contributed by atoms with Crippen LogP contribution < -0.4 is 10.5 Å². The van der Waals surface area contributed by atoms with Crippen LogP contribution in [0.4, 0.5) is 4.39 Å². The van der Waals surface area contributed by atoms with E-state index in [1.165, 1.54) is 38.1 Å². The number of nitrogens with one attached hydrogen (secondary N) is 1. The Morgan fingerprint density at radius 1 is 1.29 bits per heavy atom. The fourth-order valence-corrected chi connectivity index (χ4v) is 3.33. The highest BCUT2D eigenvalue weighted by molar-refractivity contribution is 7.90. The molecule has 0 aliphatic heterocycles. The minimum Gasteiger partial charge on any atom is -0.456 e. The van der Waals surface area contributed by atoms with Gasteiger partial charge < -0.3 is 10.5 Å². The Labute approximate surface area is 167 Å². The molecule has 0 fully saturated rings. The lowest BCUT2D eigenvalue weighted by atomic mass is 9.96. The van der Waals surface area contributed by atoms with E-state index in [1.54, 1.807) is 12.1 Å². The van der Waals surface area contributed by atoms with Gasteiger partial charge in [0, 0.05) is 12.7 Å². The molecule has 0 aliphatic rings. The van der Waals surface area contributed by atoms with Crippen LogP contribution in [0.2, 0.25) is 5.02 Å². The number of ether oxygens (including phenoxy) is 1. The molecule has 0 bridgehead atoms. The maximum Gasteiger partial charge on any atom is 0.175 e. The van der Waals surface area contributed by atoms with Gasteiger partial charge in [0.15, 0.2) is 9.84 Å². The molecular weight excluding hydrogens is 407 g/mol. The van der Waals surface area contributed by atoms with Crippen molar-refractivity contribution in [1.29, 1.82) is 5.53 Å². The first-order valence-corrected chi connectivity index (χ1v) is 10.4. The van der Waals surface area contributed by atoms with E-state index >= 15 is 0 Å². The highest BCUT2D eigenvalue weighted by Gasteiger charge is 2.21. The van der Waals surface area contributed by atoms with Crippen molar-refractivity contribution in [3.05, 3.63) is 52.5 Å². The maximum atomic E-state index is 14.5. The number of benzene rings is 2. The van der Waals surface area contributed by atoms with Gasteiger partial charge in [-0.15, -0.1) is 5.10 Å². The molecule has 0 atom stereocenters. The van der Waals surface area contributed by atoms with Gasteiger partial charge in [-0.05, 0) is 55.3 Å². The lowest BCUT2D eigenvalue weighted by Gasteiger charge is -2.18. The van der Waals surface area contributed by atoms with Gasteiger partial charge in [-0.2, -0.15) is 5.53 Å². The van der Waals surface area contributed by atoms with Crippen molar-refractivity contribution in [3.63, 3.8) is 0 Å². The first-order chi connectivity index (χ1) is 12.9. The summed E-state index contributed by atoms with van der Waals surface area (Å²) in [6, 6.07) is 8.86. The molecule has 0 spiro atoms. The van der Waals surface area contributed by atoms with E-state index in [0.29, 0.717) is 16.9 Å². The molecule has 0 aliphatic carbocycles. The van der Waals surface area contributed by atoms with Gasteiger partial charge in [-0.1, -0.05) is 22.9 Å². The summed E-state index contributed by atoms with van der Waals surface area (Å²) in [5.74, 6) is 0.602. The van der Waals surface area contributed by atoms with E-state index in [0.717, 1.165) is 6.26 Å². The van der Waals surface area contributed by atoms with Crippen molar-refractivity contribution in [2.24, 2.45) is 16.1 Å². The Hall–Kier alpha value is -2.52.